The largest absolute Gasteiger partial charge is 0.373 e. The highest BCUT2D eigenvalue weighted by atomic mass is 16.1. The summed E-state index contributed by atoms with van der Waals surface area (Å²) < 4.78 is 1.76. The van der Waals surface area contributed by atoms with Gasteiger partial charge in [-0.3, -0.25) is 4.79 Å². The molecule has 0 bridgehead atoms. The molecular formula is C15H18N2O. The van der Waals surface area contributed by atoms with Crippen molar-refractivity contribution in [3.63, 3.8) is 0 Å². The van der Waals surface area contributed by atoms with E-state index in [1.807, 2.05) is 50.5 Å². The first kappa shape index (κ1) is 12.4. The molecule has 0 fully saturated rings. The molecule has 0 aliphatic rings. The molecule has 0 saturated heterocycles. The van der Waals surface area contributed by atoms with Crippen LogP contribution in [0.25, 0.3) is 0 Å². The molecular weight excluding hydrogens is 224 g/mol. The lowest BCUT2D eigenvalue weighted by atomic mass is 10.3. The predicted octanol–water partition coefficient (Wildman–Crippen LogP) is 2.29. The smallest absolute Gasteiger partial charge is 0.253 e. The molecule has 3 heteroatoms. The van der Waals surface area contributed by atoms with E-state index in [0.29, 0.717) is 6.54 Å². The van der Waals surface area contributed by atoms with Crippen molar-refractivity contribution >= 4 is 5.69 Å². The molecule has 1 aromatic heterocycles. The number of hydrogen-bond donors (Lipinski definition) is 0. The Kier molecular flexibility index (Phi) is 3.82. The van der Waals surface area contributed by atoms with E-state index in [2.05, 4.69) is 17.0 Å². The lowest BCUT2D eigenvalue weighted by molar-refractivity contribution is 0.658. The molecule has 0 aliphatic carbocycles. The van der Waals surface area contributed by atoms with E-state index in [9.17, 15) is 4.79 Å². The lowest BCUT2D eigenvalue weighted by Crippen LogP contribution is -2.28. The number of nitrogens with zero attached hydrogens (tertiary/aromatic N) is 2. The molecule has 1 aromatic carbocycles. The van der Waals surface area contributed by atoms with Gasteiger partial charge in [-0.2, -0.15) is 0 Å². The Bertz CT molecular complexity index is 560. The summed E-state index contributed by atoms with van der Waals surface area (Å²) >= 11 is 0. The van der Waals surface area contributed by atoms with Gasteiger partial charge in [0.1, 0.15) is 0 Å². The van der Waals surface area contributed by atoms with Crippen LogP contribution in [0.5, 0.6) is 0 Å². The zero-order valence-corrected chi connectivity index (χ0v) is 10.8. The molecule has 0 atom stereocenters. The summed E-state index contributed by atoms with van der Waals surface area (Å²) in [6.07, 6.45) is 1.84. The fourth-order valence-corrected chi connectivity index (χ4v) is 1.90. The third kappa shape index (κ3) is 2.80. The minimum absolute atomic E-state index is 0.0963. The minimum Gasteiger partial charge on any atom is -0.373 e. The Morgan fingerprint density at radius 2 is 1.83 bits per heavy atom. The fourth-order valence-electron chi connectivity index (χ4n) is 1.90. The highest BCUT2D eigenvalue weighted by Gasteiger charge is 2.02. The molecule has 2 rings (SSSR count). The predicted molar refractivity (Wildman–Crippen MR) is 75.2 cm³/mol. The minimum atomic E-state index is 0.0963. The van der Waals surface area contributed by atoms with Gasteiger partial charge in [0.2, 0.25) is 0 Å². The van der Waals surface area contributed by atoms with Crippen molar-refractivity contribution in [1.29, 1.82) is 0 Å². The average Bonchev–Trinajstić information content (AvgIpc) is 2.41. The first-order chi connectivity index (χ1) is 8.68. The quantitative estimate of drug-likeness (QED) is 0.822. The van der Waals surface area contributed by atoms with E-state index >= 15 is 0 Å². The first-order valence-electron chi connectivity index (χ1n) is 6.11. The molecule has 0 aliphatic heterocycles. The molecule has 1 heterocycles. The molecule has 0 unspecified atom stereocenters. The number of benzene rings is 1. The Morgan fingerprint density at radius 1 is 1.11 bits per heavy atom. The van der Waals surface area contributed by atoms with Gasteiger partial charge in [0.05, 0.1) is 0 Å². The number of aryl methyl sites for hydroxylation is 1. The fraction of sp³-hybridized carbons (Fsp3) is 0.267. The van der Waals surface area contributed by atoms with Gasteiger partial charge in [-0.1, -0.05) is 24.3 Å². The van der Waals surface area contributed by atoms with Crippen LogP contribution in [0.4, 0.5) is 5.69 Å². The van der Waals surface area contributed by atoms with Crippen LogP contribution in [0.3, 0.4) is 0 Å². The highest BCUT2D eigenvalue weighted by molar-refractivity contribution is 5.44. The summed E-state index contributed by atoms with van der Waals surface area (Å²) in [4.78, 5) is 14.0. The van der Waals surface area contributed by atoms with Crippen molar-refractivity contribution in [1.82, 2.24) is 4.57 Å². The molecule has 2 aromatic rings. The second-order valence-electron chi connectivity index (χ2n) is 4.45. The van der Waals surface area contributed by atoms with Crippen LogP contribution in [0.15, 0.2) is 53.5 Å². The Morgan fingerprint density at radius 3 is 2.56 bits per heavy atom. The van der Waals surface area contributed by atoms with Gasteiger partial charge in [0.15, 0.2) is 0 Å². The second-order valence-corrected chi connectivity index (χ2v) is 4.45. The van der Waals surface area contributed by atoms with Crippen molar-refractivity contribution in [2.45, 2.75) is 13.5 Å². The topological polar surface area (TPSA) is 25.2 Å². The van der Waals surface area contributed by atoms with E-state index in [4.69, 9.17) is 0 Å². The second kappa shape index (κ2) is 5.54. The van der Waals surface area contributed by atoms with Gasteiger partial charge in [-0.25, -0.2) is 0 Å². The molecule has 3 nitrogen and oxygen atoms in total. The zero-order valence-electron chi connectivity index (χ0n) is 10.8. The third-order valence-electron chi connectivity index (χ3n) is 3.08. The number of anilines is 1. The lowest BCUT2D eigenvalue weighted by Gasteiger charge is -2.19. The average molecular weight is 242 g/mol. The maximum absolute atomic E-state index is 11.9. The van der Waals surface area contributed by atoms with E-state index < -0.39 is 0 Å². The summed E-state index contributed by atoms with van der Waals surface area (Å²) in [6, 6.07) is 13.9. The summed E-state index contributed by atoms with van der Waals surface area (Å²) in [7, 11) is 2.04. The number of rotatable bonds is 4. The van der Waals surface area contributed by atoms with Crippen LogP contribution < -0.4 is 10.5 Å². The van der Waals surface area contributed by atoms with E-state index in [1.165, 1.54) is 5.69 Å². The molecule has 0 N–H and O–H groups in total. The molecule has 0 saturated carbocycles. The molecule has 94 valence electrons. The van der Waals surface area contributed by atoms with Gasteiger partial charge in [0, 0.05) is 37.6 Å². The van der Waals surface area contributed by atoms with Crippen LogP contribution in [-0.4, -0.2) is 18.2 Å². The third-order valence-corrected chi connectivity index (χ3v) is 3.08. The highest BCUT2D eigenvalue weighted by Crippen LogP contribution is 2.10. The van der Waals surface area contributed by atoms with Gasteiger partial charge in [-0.05, 0) is 25.1 Å². The van der Waals surface area contributed by atoms with Crippen molar-refractivity contribution < 1.29 is 0 Å². The van der Waals surface area contributed by atoms with Crippen molar-refractivity contribution in [2.24, 2.45) is 0 Å². The molecule has 0 spiro atoms. The Balaban J connectivity index is 2.04. The first-order valence-corrected chi connectivity index (χ1v) is 6.11. The van der Waals surface area contributed by atoms with Crippen molar-refractivity contribution in [3.8, 4) is 0 Å². The zero-order chi connectivity index (χ0) is 13.0. The Hall–Kier alpha value is -2.03. The number of pyridine rings is 1. The van der Waals surface area contributed by atoms with Crippen LogP contribution in [0.1, 0.15) is 5.56 Å². The number of para-hydroxylation sites is 1. The van der Waals surface area contributed by atoms with Gasteiger partial charge in [-0.15, -0.1) is 0 Å². The Labute approximate surface area is 107 Å². The maximum Gasteiger partial charge on any atom is 0.253 e. The normalized spacial score (nSPS) is 10.3. The van der Waals surface area contributed by atoms with E-state index in [1.54, 1.807) is 4.57 Å². The summed E-state index contributed by atoms with van der Waals surface area (Å²) in [6.45, 7) is 3.36. The number of likely N-dealkylation sites (N-methyl/N-ethyl adjacent to an activating group) is 1. The van der Waals surface area contributed by atoms with Crippen molar-refractivity contribution in [3.05, 3.63) is 64.6 Å². The SMILES string of the molecule is Cc1cccn(CCN(C)c2ccccc2)c1=O. The molecule has 18 heavy (non-hydrogen) atoms. The van der Waals surface area contributed by atoms with Gasteiger partial charge < -0.3 is 9.47 Å². The van der Waals surface area contributed by atoms with Crippen molar-refractivity contribution in [2.75, 3.05) is 18.5 Å². The van der Waals surface area contributed by atoms with Crippen LogP contribution in [0.2, 0.25) is 0 Å². The van der Waals surface area contributed by atoms with Crippen LogP contribution >= 0.6 is 0 Å². The number of aromatic nitrogens is 1. The summed E-state index contributed by atoms with van der Waals surface area (Å²) in [5.74, 6) is 0. The monoisotopic (exact) mass is 242 g/mol. The summed E-state index contributed by atoms with van der Waals surface area (Å²) in [5, 5.41) is 0. The molecule has 0 amide bonds. The van der Waals surface area contributed by atoms with E-state index in [-0.39, 0.29) is 5.56 Å². The maximum atomic E-state index is 11.9. The number of hydrogen-bond acceptors (Lipinski definition) is 2. The van der Waals surface area contributed by atoms with Gasteiger partial charge in [0.25, 0.3) is 5.56 Å². The summed E-state index contributed by atoms with van der Waals surface area (Å²) in [5.41, 5.74) is 2.05. The van der Waals surface area contributed by atoms with Gasteiger partial charge >= 0.3 is 0 Å². The van der Waals surface area contributed by atoms with Crippen LogP contribution in [0, 0.1) is 6.92 Å². The van der Waals surface area contributed by atoms with E-state index in [0.717, 1.165) is 12.1 Å². The van der Waals surface area contributed by atoms with Crippen LogP contribution in [-0.2, 0) is 6.54 Å². The molecule has 0 radical (unpaired) electrons. The standard InChI is InChI=1S/C15H18N2O/c1-13-7-6-10-17(15(13)18)12-11-16(2)14-8-4-3-5-9-14/h3-10H,11-12H2,1-2H3.